The molecule has 0 unspecified atom stereocenters. The van der Waals surface area contributed by atoms with Crippen molar-refractivity contribution in [1.29, 1.82) is 0 Å². The van der Waals surface area contributed by atoms with E-state index in [-0.39, 0.29) is 10.9 Å². The van der Waals surface area contributed by atoms with Crippen LogP contribution in [0.4, 0.5) is 10.1 Å². The topological polar surface area (TPSA) is 75.7 Å². The number of nitrogens with one attached hydrogen (secondary N) is 1. The fourth-order valence-corrected chi connectivity index (χ4v) is 4.89. The lowest BCUT2D eigenvalue weighted by Gasteiger charge is -2.25. The number of halogens is 1. The van der Waals surface area contributed by atoms with Crippen LogP contribution in [0.2, 0.25) is 0 Å². The van der Waals surface area contributed by atoms with Gasteiger partial charge in [-0.25, -0.2) is 12.8 Å². The van der Waals surface area contributed by atoms with Crippen LogP contribution >= 0.6 is 0 Å². The second-order valence-electron chi connectivity index (χ2n) is 7.78. The molecular formula is C26H29FN2O4S. The molecule has 180 valence electrons. The van der Waals surface area contributed by atoms with Crippen molar-refractivity contribution >= 4 is 21.6 Å². The van der Waals surface area contributed by atoms with Crippen molar-refractivity contribution in [3.63, 3.8) is 0 Å². The van der Waals surface area contributed by atoms with Gasteiger partial charge < -0.3 is 10.1 Å². The standard InChI is InChI=1S/C26H29FN2O4S/c1-4-20-6-8-21(9-7-20)19(3)28-26(30)18-29(23-12-14-24(15-13-23)33-5-2)34(31,32)25-16-10-22(27)11-17-25/h6-17,19H,4-5,18H2,1-3H3,(H,28,30)/t19-/m1/s1. The summed E-state index contributed by atoms with van der Waals surface area (Å²) in [5.74, 6) is -0.433. The predicted molar refractivity (Wildman–Crippen MR) is 131 cm³/mol. The Morgan fingerprint density at radius 3 is 2.15 bits per heavy atom. The number of rotatable bonds is 10. The van der Waals surface area contributed by atoms with Gasteiger partial charge in [0.05, 0.1) is 23.2 Å². The van der Waals surface area contributed by atoms with Crippen molar-refractivity contribution in [2.75, 3.05) is 17.5 Å². The molecule has 0 spiro atoms. The van der Waals surface area contributed by atoms with Gasteiger partial charge in [-0.15, -0.1) is 0 Å². The quantitative estimate of drug-likeness (QED) is 0.446. The van der Waals surface area contributed by atoms with Gasteiger partial charge in [0.1, 0.15) is 18.1 Å². The molecule has 34 heavy (non-hydrogen) atoms. The highest BCUT2D eigenvalue weighted by Gasteiger charge is 2.28. The molecule has 1 N–H and O–H groups in total. The molecule has 0 radical (unpaired) electrons. The van der Waals surface area contributed by atoms with Crippen LogP contribution in [-0.4, -0.2) is 27.5 Å². The first-order chi connectivity index (χ1) is 16.2. The Balaban J connectivity index is 1.86. The van der Waals surface area contributed by atoms with Crippen LogP contribution in [0.1, 0.15) is 37.9 Å². The Morgan fingerprint density at radius 1 is 0.971 bits per heavy atom. The lowest BCUT2D eigenvalue weighted by molar-refractivity contribution is -0.120. The molecule has 0 saturated heterocycles. The van der Waals surface area contributed by atoms with E-state index in [0.29, 0.717) is 18.0 Å². The number of carbonyl (C=O) groups excluding carboxylic acids is 1. The van der Waals surface area contributed by atoms with Gasteiger partial charge in [-0.05, 0) is 79.9 Å². The third-order valence-electron chi connectivity index (χ3n) is 5.39. The number of hydrogen-bond acceptors (Lipinski definition) is 4. The Morgan fingerprint density at radius 2 is 1.59 bits per heavy atom. The summed E-state index contributed by atoms with van der Waals surface area (Å²) in [6.45, 7) is 5.79. The fraction of sp³-hybridized carbons (Fsp3) is 0.269. The second kappa shape index (κ2) is 11.2. The second-order valence-corrected chi connectivity index (χ2v) is 9.64. The summed E-state index contributed by atoms with van der Waals surface area (Å²) in [5, 5.41) is 2.87. The molecule has 3 aromatic rings. The Bertz CT molecular complexity index is 1200. The smallest absolute Gasteiger partial charge is 0.264 e. The highest BCUT2D eigenvalue weighted by Crippen LogP contribution is 2.26. The molecule has 0 aromatic heterocycles. The minimum atomic E-state index is -4.14. The molecule has 3 aromatic carbocycles. The van der Waals surface area contributed by atoms with Gasteiger partial charge >= 0.3 is 0 Å². The lowest BCUT2D eigenvalue weighted by Crippen LogP contribution is -2.41. The summed E-state index contributed by atoms with van der Waals surface area (Å²) in [7, 11) is -4.14. The highest BCUT2D eigenvalue weighted by molar-refractivity contribution is 7.92. The van der Waals surface area contributed by atoms with Gasteiger partial charge in [-0.2, -0.15) is 0 Å². The van der Waals surface area contributed by atoms with E-state index in [1.165, 1.54) is 17.7 Å². The van der Waals surface area contributed by atoms with Crippen molar-refractivity contribution in [1.82, 2.24) is 5.32 Å². The number of carbonyl (C=O) groups is 1. The summed E-state index contributed by atoms with van der Waals surface area (Å²) >= 11 is 0. The zero-order valence-corrected chi connectivity index (χ0v) is 20.3. The number of amides is 1. The SMILES string of the molecule is CCOc1ccc(N(CC(=O)N[C@H](C)c2ccc(CC)cc2)S(=O)(=O)c2ccc(F)cc2)cc1. The molecule has 0 fully saturated rings. The molecule has 3 rings (SSSR count). The number of ether oxygens (including phenoxy) is 1. The highest BCUT2D eigenvalue weighted by atomic mass is 32.2. The average Bonchev–Trinajstić information content (AvgIpc) is 2.83. The van der Waals surface area contributed by atoms with Gasteiger partial charge in [-0.1, -0.05) is 31.2 Å². The number of benzene rings is 3. The zero-order valence-electron chi connectivity index (χ0n) is 19.5. The van der Waals surface area contributed by atoms with E-state index < -0.39 is 28.3 Å². The maximum Gasteiger partial charge on any atom is 0.264 e. The molecule has 6 nitrogen and oxygen atoms in total. The molecule has 0 aliphatic rings. The summed E-state index contributed by atoms with van der Waals surface area (Å²) in [6, 6.07) is 18.5. The lowest BCUT2D eigenvalue weighted by atomic mass is 10.1. The third-order valence-corrected chi connectivity index (χ3v) is 7.18. The van der Waals surface area contributed by atoms with Crippen LogP contribution in [0, 0.1) is 5.82 Å². The first-order valence-electron chi connectivity index (χ1n) is 11.1. The van der Waals surface area contributed by atoms with Crippen LogP contribution in [0.25, 0.3) is 0 Å². The van der Waals surface area contributed by atoms with E-state index in [9.17, 15) is 17.6 Å². The Labute approximate surface area is 200 Å². The molecular weight excluding hydrogens is 455 g/mol. The first-order valence-corrected chi connectivity index (χ1v) is 12.6. The Kier molecular flexibility index (Phi) is 8.28. The molecule has 8 heteroatoms. The molecule has 0 heterocycles. The van der Waals surface area contributed by atoms with E-state index >= 15 is 0 Å². The molecule has 1 amide bonds. The summed E-state index contributed by atoms with van der Waals surface area (Å²) in [5.41, 5.74) is 2.40. The van der Waals surface area contributed by atoms with Crippen LogP contribution in [0.3, 0.4) is 0 Å². The normalized spacial score (nSPS) is 12.1. The van der Waals surface area contributed by atoms with Crippen molar-refractivity contribution in [3.05, 3.63) is 89.7 Å². The van der Waals surface area contributed by atoms with E-state index in [1.807, 2.05) is 38.1 Å². The summed E-state index contributed by atoms with van der Waals surface area (Å²) in [6.07, 6.45) is 0.916. The number of hydrogen-bond donors (Lipinski definition) is 1. The van der Waals surface area contributed by atoms with Crippen molar-refractivity contribution in [2.24, 2.45) is 0 Å². The van der Waals surface area contributed by atoms with Crippen molar-refractivity contribution in [2.45, 2.75) is 38.1 Å². The monoisotopic (exact) mass is 484 g/mol. The summed E-state index contributed by atoms with van der Waals surface area (Å²) < 4.78 is 46.7. The Hall–Kier alpha value is -3.39. The largest absolute Gasteiger partial charge is 0.494 e. The van der Waals surface area contributed by atoms with E-state index in [4.69, 9.17) is 4.74 Å². The van der Waals surface area contributed by atoms with Crippen LogP contribution in [-0.2, 0) is 21.2 Å². The summed E-state index contributed by atoms with van der Waals surface area (Å²) in [4.78, 5) is 12.8. The zero-order chi connectivity index (χ0) is 24.7. The van der Waals surface area contributed by atoms with Gasteiger partial charge in [0.2, 0.25) is 5.91 Å². The van der Waals surface area contributed by atoms with E-state index in [0.717, 1.165) is 28.4 Å². The molecule has 1 atom stereocenters. The fourth-order valence-electron chi connectivity index (χ4n) is 3.47. The number of aryl methyl sites for hydroxylation is 1. The van der Waals surface area contributed by atoms with Gasteiger partial charge in [-0.3, -0.25) is 9.10 Å². The first kappa shape index (κ1) is 25.2. The number of nitrogens with zero attached hydrogens (tertiary/aromatic N) is 1. The molecule has 0 saturated carbocycles. The van der Waals surface area contributed by atoms with Crippen molar-refractivity contribution < 1.29 is 22.3 Å². The van der Waals surface area contributed by atoms with Crippen molar-refractivity contribution in [3.8, 4) is 5.75 Å². The van der Waals surface area contributed by atoms with E-state index in [2.05, 4.69) is 12.2 Å². The maximum atomic E-state index is 13.4. The molecule has 0 aliphatic carbocycles. The molecule has 0 aliphatic heterocycles. The van der Waals surface area contributed by atoms with Crippen LogP contribution in [0.15, 0.2) is 77.7 Å². The molecule has 0 bridgehead atoms. The average molecular weight is 485 g/mol. The predicted octanol–water partition coefficient (Wildman–Crippen LogP) is 4.86. The van der Waals surface area contributed by atoms with Gasteiger partial charge in [0.25, 0.3) is 10.0 Å². The number of anilines is 1. The minimum Gasteiger partial charge on any atom is -0.494 e. The third kappa shape index (κ3) is 6.14. The number of sulfonamides is 1. The van der Waals surface area contributed by atoms with Gasteiger partial charge in [0, 0.05) is 0 Å². The maximum absolute atomic E-state index is 13.4. The van der Waals surface area contributed by atoms with Crippen LogP contribution in [0.5, 0.6) is 5.75 Å². The minimum absolute atomic E-state index is 0.112. The van der Waals surface area contributed by atoms with Crippen LogP contribution < -0.4 is 14.4 Å². The van der Waals surface area contributed by atoms with E-state index in [1.54, 1.807) is 24.3 Å². The van der Waals surface area contributed by atoms with Gasteiger partial charge in [0.15, 0.2) is 0 Å².